The quantitative estimate of drug-likeness (QED) is 0.164. The zero-order valence-electron chi connectivity index (χ0n) is 20.2. The monoisotopic (exact) mass is 507 g/mol. The Morgan fingerprint density at radius 1 is 0.947 bits per heavy atom. The van der Waals surface area contributed by atoms with Crippen molar-refractivity contribution in [2.45, 2.75) is 13.5 Å². The molecule has 1 aliphatic heterocycles. The molecule has 38 heavy (non-hydrogen) atoms. The predicted molar refractivity (Wildman–Crippen MR) is 142 cm³/mol. The van der Waals surface area contributed by atoms with Crippen molar-refractivity contribution < 1.29 is 24.0 Å². The van der Waals surface area contributed by atoms with Crippen LogP contribution in [0, 0.1) is 17.0 Å². The Hall–Kier alpha value is -5.31. The molecular weight excluding hydrogens is 486 g/mol. The molecular formula is C29H21N3O6. The Bertz CT molecular complexity index is 1640. The van der Waals surface area contributed by atoms with Gasteiger partial charge in [-0.2, -0.15) is 0 Å². The van der Waals surface area contributed by atoms with Crippen molar-refractivity contribution in [1.29, 1.82) is 0 Å². The number of aryl methyl sites for hydroxylation is 1. The fourth-order valence-electron chi connectivity index (χ4n) is 4.23. The third-order valence-electron chi connectivity index (χ3n) is 6.12. The van der Waals surface area contributed by atoms with E-state index in [2.05, 4.69) is 5.32 Å². The minimum Gasteiger partial charge on any atom is -0.488 e. The summed E-state index contributed by atoms with van der Waals surface area (Å²) in [5, 5.41) is 14.8. The summed E-state index contributed by atoms with van der Waals surface area (Å²) in [6.45, 7) is 1.93. The lowest BCUT2D eigenvalue weighted by atomic mass is 9.99. The molecule has 0 radical (unpaired) electrons. The molecule has 0 unspecified atom stereocenters. The van der Waals surface area contributed by atoms with Gasteiger partial charge in [-0.15, -0.1) is 0 Å². The summed E-state index contributed by atoms with van der Waals surface area (Å²) >= 11 is 0. The Balaban J connectivity index is 1.55. The molecule has 0 aliphatic carbocycles. The molecule has 0 saturated carbocycles. The second kappa shape index (κ2) is 9.98. The van der Waals surface area contributed by atoms with E-state index in [0.717, 1.165) is 21.2 Å². The lowest BCUT2D eigenvalue weighted by Gasteiger charge is -2.26. The molecule has 9 nitrogen and oxygen atoms in total. The molecule has 0 aromatic heterocycles. The number of barbiturate groups is 1. The summed E-state index contributed by atoms with van der Waals surface area (Å²) in [5.41, 5.74) is 2.13. The smallest absolute Gasteiger partial charge is 0.335 e. The summed E-state index contributed by atoms with van der Waals surface area (Å²) in [4.78, 5) is 50.3. The number of fused-ring (bicyclic) bond motifs is 1. The number of nitrogens with one attached hydrogen (secondary N) is 1. The van der Waals surface area contributed by atoms with Crippen LogP contribution in [0.15, 0.2) is 90.5 Å². The fraction of sp³-hybridized carbons (Fsp3) is 0.0690. The zero-order valence-corrected chi connectivity index (χ0v) is 20.2. The molecule has 4 amide bonds. The number of ether oxygens (including phenoxy) is 1. The highest BCUT2D eigenvalue weighted by Crippen LogP contribution is 2.32. The molecule has 188 valence electrons. The van der Waals surface area contributed by atoms with Crippen molar-refractivity contribution in [2.75, 3.05) is 4.90 Å². The number of carbonyl (C=O) groups excluding carboxylic acids is 3. The lowest BCUT2D eigenvalue weighted by molar-refractivity contribution is -0.384. The highest BCUT2D eigenvalue weighted by molar-refractivity contribution is 6.39. The van der Waals surface area contributed by atoms with Crippen molar-refractivity contribution in [1.82, 2.24) is 5.32 Å². The number of nitro groups is 1. The third kappa shape index (κ3) is 4.72. The molecule has 0 bridgehead atoms. The van der Waals surface area contributed by atoms with E-state index in [0.29, 0.717) is 22.6 Å². The van der Waals surface area contributed by atoms with Gasteiger partial charge in [0.15, 0.2) is 0 Å². The van der Waals surface area contributed by atoms with E-state index in [1.807, 2.05) is 43.3 Å². The summed E-state index contributed by atoms with van der Waals surface area (Å²) in [6.07, 6.45) is 1.43. The Kier molecular flexibility index (Phi) is 6.40. The van der Waals surface area contributed by atoms with E-state index < -0.39 is 22.8 Å². The summed E-state index contributed by atoms with van der Waals surface area (Å²) in [7, 11) is 0. The van der Waals surface area contributed by atoms with Gasteiger partial charge in [0.2, 0.25) is 0 Å². The van der Waals surface area contributed by atoms with E-state index in [-0.39, 0.29) is 17.9 Å². The first kappa shape index (κ1) is 24.4. The van der Waals surface area contributed by atoms with Gasteiger partial charge in [-0.05, 0) is 65.2 Å². The van der Waals surface area contributed by atoms with Crippen LogP contribution >= 0.6 is 0 Å². The predicted octanol–water partition coefficient (Wildman–Crippen LogP) is 5.30. The number of amides is 4. The molecule has 0 spiro atoms. The maximum Gasteiger partial charge on any atom is 0.335 e. The van der Waals surface area contributed by atoms with Crippen molar-refractivity contribution in [3.63, 3.8) is 0 Å². The number of non-ortho nitro benzene ring substituents is 1. The summed E-state index contributed by atoms with van der Waals surface area (Å²) < 4.78 is 6.05. The highest BCUT2D eigenvalue weighted by atomic mass is 16.6. The van der Waals surface area contributed by atoms with E-state index in [9.17, 15) is 24.5 Å². The third-order valence-corrected chi connectivity index (χ3v) is 6.12. The number of nitro benzene ring substituents is 1. The average molecular weight is 508 g/mol. The number of nitrogens with zero attached hydrogens (tertiary/aromatic N) is 2. The topological polar surface area (TPSA) is 119 Å². The van der Waals surface area contributed by atoms with Crippen LogP contribution in [0.4, 0.5) is 16.2 Å². The number of benzene rings is 4. The van der Waals surface area contributed by atoms with Gasteiger partial charge in [0.1, 0.15) is 17.9 Å². The molecule has 0 atom stereocenters. The Labute approximate surface area is 217 Å². The second-order valence-corrected chi connectivity index (χ2v) is 8.71. The van der Waals surface area contributed by atoms with Gasteiger partial charge in [-0.25, -0.2) is 9.69 Å². The molecule has 5 rings (SSSR count). The minimum absolute atomic E-state index is 0.0283. The zero-order chi connectivity index (χ0) is 26.8. The van der Waals surface area contributed by atoms with Crippen LogP contribution in [0.2, 0.25) is 0 Å². The maximum absolute atomic E-state index is 13.5. The SMILES string of the molecule is Cc1cccc(N2C(=O)NC(=O)/C(=C\c3c(OCc4ccc([N+](=O)[O-])cc4)ccc4ccccc34)C2=O)c1. The number of anilines is 1. The lowest BCUT2D eigenvalue weighted by Crippen LogP contribution is -2.54. The maximum atomic E-state index is 13.5. The van der Waals surface area contributed by atoms with Crippen molar-refractivity contribution in [3.8, 4) is 5.75 Å². The van der Waals surface area contributed by atoms with Gasteiger partial charge in [0.05, 0.1) is 10.6 Å². The molecule has 1 N–H and O–H groups in total. The van der Waals surface area contributed by atoms with Crippen LogP contribution in [0.1, 0.15) is 16.7 Å². The first-order valence-electron chi connectivity index (χ1n) is 11.7. The van der Waals surface area contributed by atoms with Crippen molar-refractivity contribution in [3.05, 3.63) is 117 Å². The number of hydrogen-bond donors (Lipinski definition) is 1. The van der Waals surface area contributed by atoms with Gasteiger partial charge >= 0.3 is 6.03 Å². The van der Waals surface area contributed by atoms with Crippen molar-refractivity contribution >= 4 is 46.1 Å². The van der Waals surface area contributed by atoms with Gasteiger partial charge in [-0.1, -0.05) is 42.5 Å². The molecule has 1 heterocycles. The second-order valence-electron chi connectivity index (χ2n) is 8.71. The van der Waals surface area contributed by atoms with Crippen LogP contribution in [0.25, 0.3) is 16.8 Å². The summed E-state index contributed by atoms with van der Waals surface area (Å²) in [5.74, 6) is -1.16. The van der Waals surface area contributed by atoms with E-state index in [4.69, 9.17) is 4.74 Å². The molecule has 4 aromatic rings. The van der Waals surface area contributed by atoms with Crippen LogP contribution in [0.5, 0.6) is 5.75 Å². The minimum atomic E-state index is -0.824. The molecule has 1 aliphatic rings. The first-order chi connectivity index (χ1) is 18.3. The van der Waals surface area contributed by atoms with Gasteiger partial charge in [0, 0.05) is 17.7 Å². The van der Waals surface area contributed by atoms with Crippen molar-refractivity contribution in [2.24, 2.45) is 0 Å². The average Bonchev–Trinajstić information content (AvgIpc) is 2.90. The molecule has 1 saturated heterocycles. The van der Waals surface area contributed by atoms with E-state index in [1.165, 1.54) is 18.2 Å². The van der Waals surface area contributed by atoms with Crippen LogP contribution in [-0.4, -0.2) is 22.8 Å². The van der Waals surface area contributed by atoms with Gasteiger partial charge in [-0.3, -0.25) is 25.0 Å². The first-order valence-corrected chi connectivity index (χ1v) is 11.7. The van der Waals surface area contributed by atoms with Crippen LogP contribution in [-0.2, 0) is 16.2 Å². The van der Waals surface area contributed by atoms with Gasteiger partial charge in [0.25, 0.3) is 17.5 Å². The normalized spacial score (nSPS) is 14.6. The van der Waals surface area contributed by atoms with Crippen LogP contribution in [0.3, 0.4) is 0 Å². The largest absolute Gasteiger partial charge is 0.488 e. The molecule has 1 fully saturated rings. The van der Waals surface area contributed by atoms with E-state index >= 15 is 0 Å². The number of hydrogen-bond acceptors (Lipinski definition) is 6. The highest BCUT2D eigenvalue weighted by Gasteiger charge is 2.37. The molecule has 9 heteroatoms. The standard InChI is InChI=1S/C29H21N3O6/c1-18-5-4-7-22(15-18)31-28(34)25(27(33)30-29(31)35)16-24-23-8-3-2-6-20(23)11-14-26(24)38-17-19-9-12-21(13-10-19)32(36)37/h2-16H,17H2,1H3,(H,30,33,35)/b25-16+. The van der Waals surface area contributed by atoms with Gasteiger partial charge < -0.3 is 4.74 Å². The van der Waals surface area contributed by atoms with Crippen LogP contribution < -0.4 is 15.0 Å². The Morgan fingerprint density at radius 3 is 2.45 bits per heavy atom. The van der Waals surface area contributed by atoms with E-state index in [1.54, 1.807) is 36.4 Å². The number of imide groups is 2. The Morgan fingerprint density at radius 2 is 1.71 bits per heavy atom. The summed E-state index contributed by atoms with van der Waals surface area (Å²) in [6, 6.07) is 23.0. The molecule has 4 aromatic carbocycles. The number of urea groups is 1. The number of rotatable bonds is 6. The number of carbonyl (C=O) groups is 3. The fourth-order valence-corrected chi connectivity index (χ4v) is 4.23.